The lowest BCUT2D eigenvalue weighted by molar-refractivity contribution is 0.104. The summed E-state index contributed by atoms with van der Waals surface area (Å²) in [4.78, 5) is 2.45. The summed E-state index contributed by atoms with van der Waals surface area (Å²) < 4.78 is 0. The molecule has 4 heteroatoms. The third-order valence-electron chi connectivity index (χ3n) is 4.27. The van der Waals surface area contributed by atoms with E-state index in [9.17, 15) is 5.11 Å². The largest absolute Gasteiger partial charge is 0.395 e. The Labute approximate surface area is 104 Å². The van der Waals surface area contributed by atoms with E-state index in [4.69, 9.17) is 11.1 Å². The molecule has 2 fully saturated rings. The van der Waals surface area contributed by atoms with Crippen molar-refractivity contribution < 1.29 is 5.11 Å². The van der Waals surface area contributed by atoms with Gasteiger partial charge in [-0.1, -0.05) is 12.8 Å². The summed E-state index contributed by atoms with van der Waals surface area (Å²) in [6.45, 7) is 2.40. The van der Waals surface area contributed by atoms with Crippen LogP contribution >= 0.6 is 0 Å². The number of nitrogens with one attached hydrogen (secondary N) is 1. The van der Waals surface area contributed by atoms with E-state index in [1.54, 1.807) is 0 Å². The van der Waals surface area contributed by atoms with Crippen molar-refractivity contribution in [2.45, 2.75) is 51.0 Å². The summed E-state index contributed by atoms with van der Waals surface area (Å²) in [6.07, 6.45) is 8.01. The lowest BCUT2D eigenvalue weighted by atomic mass is 9.99. The lowest BCUT2D eigenvalue weighted by Crippen LogP contribution is -2.42. The first-order valence-corrected chi connectivity index (χ1v) is 6.83. The number of rotatable bonds is 5. The van der Waals surface area contributed by atoms with Crippen molar-refractivity contribution in [3.63, 3.8) is 0 Å². The van der Waals surface area contributed by atoms with Crippen LogP contribution in [-0.2, 0) is 0 Å². The number of amidine groups is 1. The van der Waals surface area contributed by atoms with Crippen LogP contribution in [0.1, 0.15) is 44.9 Å². The Morgan fingerprint density at radius 3 is 2.71 bits per heavy atom. The lowest BCUT2D eigenvalue weighted by Gasteiger charge is -2.32. The maximum absolute atomic E-state index is 9.48. The van der Waals surface area contributed by atoms with E-state index in [0.717, 1.165) is 25.9 Å². The molecule has 4 nitrogen and oxygen atoms in total. The molecule has 17 heavy (non-hydrogen) atoms. The van der Waals surface area contributed by atoms with E-state index in [2.05, 4.69) is 4.90 Å². The van der Waals surface area contributed by atoms with E-state index in [0.29, 0.717) is 11.9 Å². The smallest absolute Gasteiger partial charge is 0.0911 e. The van der Waals surface area contributed by atoms with Crippen molar-refractivity contribution in [3.05, 3.63) is 0 Å². The van der Waals surface area contributed by atoms with Crippen LogP contribution in [0.5, 0.6) is 0 Å². The second-order valence-electron chi connectivity index (χ2n) is 5.86. The SMILES string of the molecule is N=C(N)CC1(CN2CCCCCC2CO)CC1. The van der Waals surface area contributed by atoms with Gasteiger partial charge in [-0.3, -0.25) is 10.3 Å². The van der Waals surface area contributed by atoms with Gasteiger partial charge in [0.25, 0.3) is 0 Å². The standard InChI is InChI=1S/C13H25N3O/c14-12(15)8-13(5-6-13)10-16-7-3-1-2-4-11(16)9-17/h11,17H,1-10H2,(H3,14,15). The number of nitrogens with two attached hydrogens (primary N) is 1. The fourth-order valence-electron chi connectivity index (χ4n) is 3.05. The first-order valence-electron chi connectivity index (χ1n) is 6.83. The monoisotopic (exact) mass is 239 g/mol. The molecular formula is C13H25N3O. The fourth-order valence-corrected chi connectivity index (χ4v) is 3.05. The maximum atomic E-state index is 9.48. The van der Waals surface area contributed by atoms with Gasteiger partial charge in [0.15, 0.2) is 0 Å². The fraction of sp³-hybridized carbons (Fsp3) is 0.923. The van der Waals surface area contributed by atoms with Crippen LogP contribution < -0.4 is 5.73 Å². The summed E-state index contributed by atoms with van der Waals surface area (Å²) in [6, 6.07) is 0.335. The maximum Gasteiger partial charge on any atom is 0.0911 e. The third-order valence-corrected chi connectivity index (χ3v) is 4.27. The Balaban J connectivity index is 1.93. The highest BCUT2D eigenvalue weighted by Crippen LogP contribution is 2.49. The normalized spacial score (nSPS) is 28.6. The Hall–Kier alpha value is -0.610. The molecule has 1 aliphatic carbocycles. The second-order valence-corrected chi connectivity index (χ2v) is 5.86. The molecule has 1 aliphatic heterocycles. The minimum atomic E-state index is 0.267. The molecule has 0 radical (unpaired) electrons. The summed E-state index contributed by atoms with van der Waals surface area (Å²) in [5.41, 5.74) is 5.80. The molecule has 1 saturated carbocycles. The molecule has 98 valence electrons. The zero-order chi connectivity index (χ0) is 12.3. The molecule has 4 N–H and O–H groups in total. The van der Waals surface area contributed by atoms with Gasteiger partial charge in [0, 0.05) is 19.0 Å². The van der Waals surface area contributed by atoms with Crippen LogP contribution in [-0.4, -0.2) is 41.6 Å². The van der Waals surface area contributed by atoms with Gasteiger partial charge < -0.3 is 10.8 Å². The molecular weight excluding hydrogens is 214 g/mol. The zero-order valence-corrected chi connectivity index (χ0v) is 10.6. The molecule has 0 aromatic carbocycles. The van der Waals surface area contributed by atoms with Gasteiger partial charge in [0.05, 0.1) is 12.4 Å². The van der Waals surface area contributed by atoms with E-state index >= 15 is 0 Å². The van der Waals surface area contributed by atoms with Crippen LogP contribution in [0.25, 0.3) is 0 Å². The van der Waals surface area contributed by atoms with E-state index in [1.807, 2.05) is 0 Å². The Kier molecular flexibility index (Phi) is 4.05. The van der Waals surface area contributed by atoms with Gasteiger partial charge in [-0.15, -0.1) is 0 Å². The number of likely N-dealkylation sites (tertiary alicyclic amines) is 1. The highest BCUT2D eigenvalue weighted by molar-refractivity contribution is 5.78. The number of hydrogen-bond acceptors (Lipinski definition) is 3. The van der Waals surface area contributed by atoms with Gasteiger partial charge in [-0.25, -0.2) is 0 Å². The molecule has 2 aliphatic rings. The van der Waals surface area contributed by atoms with Gasteiger partial charge in [-0.05, 0) is 37.6 Å². The van der Waals surface area contributed by atoms with Crippen LogP contribution in [0.4, 0.5) is 0 Å². The van der Waals surface area contributed by atoms with Crippen LogP contribution in [0, 0.1) is 10.8 Å². The number of hydrogen-bond donors (Lipinski definition) is 3. The zero-order valence-electron chi connectivity index (χ0n) is 10.6. The molecule has 0 aromatic heterocycles. The Morgan fingerprint density at radius 2 is 2.12 bits per heavy atom. The average Bonchev–Trinajstić information content (AvgIpc) is 3.03. The van der Waals surface area contributed by atoms with E-state index < -0.39 is 0 Å². The number of nitrogens with zero attached hydrogens (tertiary/aromatic N) is 1. The van der Waals surface area contributed by atoms with Crippen molar-refractivity contribution >= 4 is 5.84 Å². The highest BCUT2D eigenvalue weighted by atomic mass is 16.3. The molecule has 1 unspecified atom stereocenters. The van der Waals surface area contributed by atoms with Crippen molar-refractivity contribution in [2.75, 3.05) is 19.7 Å². The molecule has 1 saturated heterocycles. The Bertz CT molecular complexity index is 276. The van der Waals surface area contributed by atoms with Gasteiger partial charge in [0.1, 0.15) is 0 Å². The molecule has 0 aromatic rings. The predicted octanol–water partition coefficient (Wildman–Crippen LogP) is 1.33. The van der Waals surface area contributed by atoms with E-state index in [-0.39, 0.29) is 12.0 Å². The summed E-state index contributed by atoms with van der Waals surface area (Å²) in [5.74, 6) is 0.317. The highest BCUT2D eigenvalue weighted by Gasteiger charge is 2.45. The summed E-state index contributed by atoms with van der Waals surface area (Å²) in [5, 5.41) is 16.9. The first-order chi connectivity index (χ1) is 8.15. The van der Waals surface area contributed by atoms with Crippen molar-refractivity contribution in [1.82, 2.24) is 4.90 Å². The van der Waals surface area contributed by atoms with Crippen LogP contribution in [0.15, 0.2) is 0 Å². The predicted molar refractivity (Wildman–Crippen MR) is 69.1 cm³/mol. The molecule has 1 heterocycles. The van der Waals surface area contributed by atoms with Crippen molar-refractivity contribution in [2.24, 2.45) is 11.1 Å². The minimum absolute atomic E-state index is 0.267. The van der Waals surface area contributed by atoms with Gasteiger partial charge in [-0.2, -0.15) is 0 Å². The quantitative estimate of drug-likeness (QED) is 0.500. The molecule has 0 bridgehead atoms. The number of aliphatic hydroxyl groups is 1. The van der Waals surface area contributed by atoms with Gasteiger partial charge in [0.2, 0.25) is 0 Å². The van der Waals surface area contributed by atoms with Crippen molar-refractivity contribution in [1.29, 1.82) is 5.41 Å². The van der Waals surface area contributed by atoms with Crippen LogP contribution in [0.2, 0.25) is 0 Å². The summed E-state index contributed by atoms with van der Waals surface area (Å²) in [7, 11) is 0. The molecule has 0 amide bonds. The Morgan fingerprint density at radius 1 is 1.35 bits per heavy atom. The first kappa shape index (κ1) is 12.8. The number of aliphatic hydroxyl groups excluding tert-OH is 1. The van der Waals surface area contributed by atoms with Crippen molar-refractivity contribution in [3.8, 4) is 0 Å². The topological polar surface area (TPSA) is 73.3 Å². The average molecular weight is 239 g/mol. The molecule has 0 spiro atoms. The minimum Gasteiger partial charge on any atom is -0.395 e. The molecule has 2 rings (SSSR count). The third kappa shape index (κ3) is 3.42. The second kappa shape index (κ2) is 5.36. The van der Waals surface area contributed by atoms with E-state index in [1.165, 1.54) is 32.1 Å². The molecule has 1 atom stereocenters. The summed E-state index contributed by atoms with van der Waals surface area (Å²) >= 11 is 0. The van der Waals surface area contributed by atoms with Gasteiger partial charge >= 0.3 is 0 Å². The van der Waals surface area contributed by atoms with Crippen LogP contribution in [0.3, 0.4) is 0 Å².